The molecule has 1 unspecified atom stereocenters. The van der Waals surface area contributed by atoms with Crippen LogP contribution >= 0.6 is 0 Å². The highest BCUT2D eigenvalue weighted by molar-refractivity contribution is 5.78. The van der Waals surface area contributed by atoms with Gasteiger partial charge in [0.05, 0.1) is 0 Å². The lowest BCUT2D eigenvalue weighted by molar-refractivity contribution is 0.331. The summed E-state index contributed by atoms with van der Waals surface area (Å²) in [4.78, 5) is 6.67. The van der Waals surface area contributed by atoms with Gasteiger partial charge < -0.3 is 10.6 Å². The zero-order valence-corrected chi connectivity index (χ0v) is 9.66. The van der Waals surface area contributed by atoms with Crippen LogP contribution in [0.1, 0.15) is 46.5 Å². The maximum absolute atomic E-state index is 5.99. The fourth-order valence-electron chi connectivity index (χ4n) is 1.95. The number of rotatable bonds is 1. The molecule has 1 aliphatic rings. The lowest BCUT2D eigenvalue weighted by atomic mass is 10.1. The Bertz CT molecular complexity index is 199. The van der Waals surface area contributed by atoms with Crippen molar-refractivity contribution in [2.45, 2.75) is 58.5 Å². The standard InChI is InChI=1S/C11H23N3/c1-9(2)13-11(12)14-8-6-4-5-7-10(14)3/h9-10H,4-8H2,1-3H3,(H2,12,13). The fraction of sp³-hybridized carbons (Fsp3) is 0.909. The number of nitrogens with zero attached hydrogens (tertiary/aromatic N) is 2. The molecule has 3 heteroatoms. The van der Waals surface area contributed by atoms with Crippen molar-refractivity contribution in [1.82, 2.24) is 4.90 Å². The first-order chi connectivity index (χ1) is 6.61. The number of aliphatic imine (C=N–C) groups is 1. The van der Waals surface area contributed by atoms with Crippen molar-refractivity contribution in [3.8, 4) is 0 Å². The first-order valence-electron chi connectivity index (χ1n) is 5.71. The van der Waals surface area contributed by atoms with Crippen LogP contribution < -0.4 is 5.73 Å². The van der Waals surface area contributed by atoms with Gasteiger partial charge in [0.2, 0.25) is 0 Å². The molecule has 1 fully saturated rings. The molecular weight excluding hydrogens is 174 g/mol. The van der Waals surface area contributed by atoms with Gasteiger partial charge in [-0.05, 0) is 33.6 Å². The van der Waals surface area contributed by atoms with Crippen molar-refractivity contribution in [1.29, 1.82) is 0 Å². The van der Waals surface area contributed by atoms with E-state index in [1.54, 1.807) is 0 Å². The molecule has 0 bridgehead atoms. The van der Waals surface area contributed by atoms with Gasteiger partial charge in [0, 0.05) is 18.6 Å². The largest absolute Gasteiger partial charge is 0.370 e. The molecule has 2 N–H and O–H groups in total. The zero-order valence-electron chi connectivity index (χ0n) is 9.66. The Labute approximate surface area is 87.4 Å². The normalized spacial score (nSPS) is 25.3. The van der Waals surface area contributed by atoms with Gasteiger partial charge in [-0.3, -0.25) is 4.99 Å². The maximum atomic E-state index is 5.99. The van der Waals surface area contributed by atoms with E-state index in [4.69, 9.17) is 5.73 Å². The molecule has 1 rings (SSSR count). The predicted molar refractivity (Wildman–Crippen MR) is 61.4 cm³/mol. The van der Waals surface area contributed by atoms with E-state index in [-0.39, 0.29) is 0 Å². The molecule has 0 spiro atoms. The van der Waals surface area contributed by atoms with Crippen molar-refractivity contribution in [3.05, 3.63) is 0 Å². The molecule has 1 saturated heterocycles. The van der Waals surface area contributed by atoms with E-state index in [0.717, 1.165) is 12.5 Å². The summed E-state index contributed by atoms with van der Waals surface area (Å²) < 4.78 is 0. The van der Waals surface area contributed by atoms with Crippen LogP contribution in [0.25, 0.3) is 0 Å². The van der Waals surface area contributed by atoms with Gasteiger partial charge in [0.15, 0.2) is 5.96 Å². The first kappa shape index (κ1) is 11.3. The Kier molecular flexibility index (Phi) is 4.23. The molecule has 0 aromatic heterocycles. The molecule has 82 valence electrons. The van der Waals surface area contributed by atoms with E-state index in [0.29, 0.717) is 12.1 Å². The molecule has 0 aromatic carbocycles. The molecule has 0 aliphatic carbocycles. The number of hydrogen-bond donors (Lipinski definition) is 1. The number of hydrogen-bond acceptors (Lipinski definition) is 1. The summed E-state index contributed by atoms with van der Waals surface area (Å²) in [6, 6.07) is 0.852. The predicted octanol–water partition coefficient (Wildman–Crippen LogP) is 1.97. The highest BCUT2D eigenvalue weighted by Gasteiger charge is 2.18. The van der Waals surface area contributed by atoms with E-state index < -0.39 is 0 Å². The molecule has 0 aromatic rings. The van der Waals surface area contributed by atoms with Crippen LogP contribution in [-0.4, -0.2) is 29.5 Å². The third-order valence-electron chi connectivity index (χ3n) is 2.74. The third-order valence-corrected chi connectivity index (χ3v) is 2.74. The van der Waals surface area contributed by atoms with Gasteiger partial charge in [0.1, 0.15) is 0 Å². The van der Waals surface area contributed by atoms with Crippen molar-refractivity contribution in [2.75, 3.05) is 6.54 Å². The molecule has 0 radical (unpaired) electrons. The molecular formula is C11H23N3. The van der Waals surface area contributed by atoms with Crippen LogP contribution in [0, 0.1) is 0 Å². The van der Waals surface area contributed by atoms with Gasteiger partial charge in [-0.2, -0.15) is 0 Å². The molecule has 14 heavy (non-hydrogen) atoms. The molecule has 1 aliphatic heterocycles. The second-order valence-corrected chi connectivity index (χ2v) is 4.47. The number of likely N-dealkylation sites (tertiary alicyclic amines) is 1. The topological polar surface area (TPSA) is 41.6 Å². The Hall–Kier alpha value is -0.730. The Morgan fingerprint density at radius 3 is 2.71 bits per heavy atom. The van der Waals surface area contributed by atoms with Gasteiger partial charge in [-0.15, -0.1) is 0 Å². The zero-order chi connectivity index (χ0) is 10.6. The lowest BCUT2D eigenvalue weighted by Crippen LogP contribution is -2.43. The van der Waals surface area contributed by atoms with E-state index in [1.807, 2.05) is 0 Å². The van der Waals surface area contributed by atoms with E-state index >= 15 is 0 Å². The van der Waals surface area contributed by atoms with Crippen LogP contribution in [0.4, 0.5) is 0 Å². The van der Waals surface area contributed by atoms with Gasteiger partial charge >= 0.3 is 0 Å². The molecule has 0 amide bonds. The second-order valence-electron chi connectivity index (χ2n) is 4.47. The summed E-state index contributed by atoms with van der Waals surface area (Å²) in [5.41, 5.74) is 5.99. The minimum absolute atomic E-state index is 0.297. The average molecular weight is 197 g/mol. The first-order valence-corrected chi connectivity index (χ1v) is 5.71. The minimum atomic E-state index is 0.297. The summed E-state index contributed by atoms with van der Waals surface area (Å²) in [5, 5.41) is 0. The van der Waals surface area contributed by atoms with Crippen LogP contribution in [0.3, 0.4) is 0 Å². The fourth-order valence-corrected chi connectivity index (χ4v) is 1.95. The maximum Gasteiger partial charge on any atom is 0.191 e. The van der Waals surface area contributed by atoms with E-state index in [9.17, 15) is 0 Å². The average Bonchev–Trinajstić information content (AvgIpc) is 2.28. The van der Waals surface area contributed by atoms with Crippen molar-refractivity contribution in [2.24, 2.45) is 10.7 Å². The van der Waals surface area contributed by atoms with Crippen LogP contribution in [0.2, 0.25) is 0 Å². The lowest BCUT2D eigenvalue weighted by Gasteiger charge is -2.28. The van der Waals surface area contributed by atoms with E-state index in [2.05, 4.69) is 30.7 Å². The van der Waals surface area contributed by atoms with Gasteiger partial charge in [-0.1, -0.05) is 12.8 Å². The number of guanidine groups is 1. The highest BCUT2D eigenvalue weighted by Crippen LogP contribution is 2.15. The minimum Gasteiger partial charge on any atom is -0.370 e. The Balaban J connectivity index is 2.63. The molecule has 0 saturated carbocycles. The summed E-state index contributed by atoms with van der Waals surface area (Å²) in [6.07, 6.45) is 5.15. The third kappa shape index (κ3) is 3.20. The molecule has 1 atom stereocenters. The van der Waals surface area contributed by atoms with Crippen molar-refractivity contribution >= 4 is 5.96 Å². The summed E-state index contributed by atoms with van der Waals surface area (Å²) >= 11 is 0. The summed E-state index contributed by atoms with van der Waals surface area (Å²) in [5.74, 6) is 0.731. The number of nitrogens with two attached hydrogens (primary N) is 1. The molecule has 3 nitrogen and oxygen atoms in total. The molecule has 1 heterocycles. The summed E-state index contributed by atoms with van der Waals surface area (Å²) in [7, 11) is 0. The van der Waals surface area contributed by atoms with Crippen molar-refractivity contribution in [3.63, 3.8) is 0 Å². The van der Waals surface area contributed by atoms with E-state index in [1.165, 1.54) is 25.7 Å². The van der Waals surface area contributed by atoms with Gasteiger partial charge in [0.25, 0.3) is 0 Å². The van der Waals surface area contributed by atoms with Crippen LogP contribution in [0.5, 0.6) is 0 Å². The SMILES string of the molecule is CC(C)N=C(N)N1CCCCCC1C. The quantitative estimate of drug-likeness (QED) is 0.516. The Morgan fingerprint density at radius 1 is 1.36 bits per heavy atom. The smallest absolute Gasteiger partial charge is 0.191 e. The summed E-state index contributed by atoms with van der Waals surface area (Å²) in [6.45, 7) is 7.45. The Morgan fingerprint density at radius 2 is 2.07 bits per heavy atom. The highest BCUT2D eigenvalue weighted by atomic mass is 15.3. The van der Waals surface area contributed by atoms with Crippen molar-refractivity contribution < 1.29 is 0 Å². The van der Waals surface area contributed by atoms with Crippen LogP contribution in [-0.2, 0) is 0 Å². The second kappa shape index (κ2) is 5.23. The van der Waals surface area contributed by atoms with Gasteiger partial charge in [-0.25, -0.2) is 0 Å². The monoisotopic (exact) mass is 197 g/mol. The van der Waals surface area contributed by atoms with Crippen LogP contribution in [0.15, 0.2) is 4.99 Å².